The molecule has 0 aliphatic carbocycles. The number of nitrogens with zero attached hydrogens (tertiary/aromatic N) is 3. The van der Waals surface area contributed by atoms with Crippen LogP contribution in [0.4, 0.5) is 5.69 Å². The molecular weight excluding hydrogens is 381 g/mol. The van der Waals surface area contributed by atoms with E-state index in [1.165, 1.54) is 0 Å². The van der Waals surface area contributed by atoms with Crippen molar-refractivity contribution in [2.24, 2.45) is 0 Å². The number of carbonyl (C=O) groups excluding carboxylic acids is 1. The van der Waals surface area contributed by atoms with E-state index in [0.29, 0.717) is 10.0 Å². The summed E-state index contributed by atoms with van der Waals surface area (Å²) < 4.78 is 1.03. The monoisotopic (exact) mass is 397 g/mol. The third kappa shape index (κ3) is 4.83. The van der Waals surface area contributed by atoms with Gasteiger partial charge in [-0.15, -0.1) is 0 Å². The molecule has 26 heavy (non-hydrogen) atoms. The lowest BCUT2D eigenvalue weighted by Gasteiger charge is -2.27. The Morgan fingerprint density at radius 3 is 2.50 bits per heavy atom. The highest BCUT2D eigenvalue weighted by molar-refractivity contribution is 6.42. The minimum absolute atomic E-state index is 0.147. The van der Waals surface area contributed by atoms with E-state index < -0.39 is 10.5 Å². The normalized spacial score (nSPS) is 10.8. The summed E-state index contributed by atoms with van der Waals surface area (Å²) in [5, 5.41) is 11.7. The maximum atomic E-state index is 12.7. The second-order valence-corrected chi connectivity index (χ2v) is 6.79. The Bertz CT molecular complexity index is 896. The number of benzene rings is 1. The summed E-state index contributed by atoms with van der Waals surface area (Å²) in [6, 6.07) is 7.12. The van der Waals surface area contributed by atoms with E-state index in [2.05, 4.69) is 0 Å². The standard InChI is InChI=1S/C17H17Cl2N3O4/c1-11(2)21(8-12-3-5-14(18)15(19)7-12)17(24)10-20-9-13(22(25)26)4-6-16(20)23/h3-7,9,11H,8,10H2,1-2H3. The molecule has 138 valence electrons. The molecule has 0 bridgehead atoms. The van der Waals surface area contributed by atoms with Crippen molar-refractivity contribution in [1.29, 1.82) is 0 Å². The average molecular weight is 398 g/mol. The second kappa shape index (κ2) is 8.33. The number of carbonyl (C=O) groups is 1. The first-order valence-electron chi connectivity index (χ1n) is 7.77. The fraction of sp³-hybridized carbons (Fsp3) is 0.294. The Morgan fingerprint density at radius 2 is 1.92 bits per heavy atom. The van der Waals surface area contributed by atoms with E-state index in [-0.39, 0.29) is 30.7 Å². The van der Waals surface area contributed by atoms with Gasteiger partial charge < -0.3 is 4.90 Å². The quantitative estimate of drug-likeness (QED) is 0.551. The van der Waals surface area contributed by atoms with Gasteiger partial charge >= 0.3 is 0 Å². The number of nitro groups is 1. The third-order valence-corrected chi connectivity index (χ3v) is 4.50. The van der Waals surface area contributed by atoms with Crippen molar-refractivity contribution < 1.29 is 9.72 Å². The van der Waals surface area contributed by atoms with Crippen LogP contribution < -0.4 is 5.56 Å². The highest BCUT2D eigenvalue weighted by Gasteiger charge is 2.19. The van der Waals surface area contributed by atoms with Crippen LogP contribution in [-0.4, -0.2) is 26.3 Å². The molecule has 1 amide bonds. The minimum atomic E-state index is -0.615. The molecule has 0 N–H and O–H groups in total. The van der Waals surface area contributed by atoms with Gasteiger partial charge in [-0.05, 0) is 31.5 Å². The number of amides is 1. The Balaban J connectivity index is 2.23. The molecule has 0 fully saturated rings. The number of hydrogen-bond donors (Lipinski definition) is 0. The molecule has 0 aliphatic rings. The fourth-order valence-electron chi connectivity index (χ4n) is 2.38. The van der Waals surface area contributed by atoms with Crippen LogP contribution in [0.5, 0.6) is 0 Å². The fourth-order valence-corrected chi connectivity index (χ4v) is 2.70. The summed E-state index contributed by atoms with van der Waals surface area (Å²) in [5.41, 5.74) is 0.0491. The van der Waals surface area contributed by atoms with E-state index in [4.69, 9.17) is 23.2 Å². The first-order valence-corrected chi connectivity index (χ1v) is 8.53. The molecule has 0 saturated heterocycles. The van der Waals surface area contributed by atoms with Gasteiger partial charge in [0.1, 0.15) is 6.54 Å². The first-order chi connectivity index (χ1) is 12.2. The second-order valence-electron chi connectivity index (χ2n) is 5.97. The number of pyridine rings is 1. The zero-order valence-corrected chi connectivity index (χ0v) is 15.7. The van der Waals surface area contributed by atoms with Crippen LogP contribution in [0.2, 0.25) is 10.0 Å². The van der Waals surface area contributed by atoms with E-state index in [1.54, 1.807) is 23.1 Å². The van der Waals surface area contributed by atoms with Gasteiger partial charge in [0.25, 0.3) is 11.2 Å². The van der Waals surface area contributed by atoms with Crippen LogP contribution in [-0.2, 0) is 17.9 Å². The van der Waals surface area contributed by atoms with Crippen molar-refractivity contribution in [3.05, 3.63) is 72.6 Å². The van der Waals surface area contributed by atoms with E-state index in [1.807, 2.05) is 13.8 Å². The maximum absolute atomic E-state index is 12.7. The summed E-state index contributed by atoms with van der Waals surface area (Å²) in [7, 11) is 0. The van der Waals surface area contributed by atoms with E-state index >= 15 is 0 Å². The molecule has 1 aromatic carbocycles. The third-order valence-electron chi connectivity index (χ3n) is 3.76. The van der Waals surface area contributed by atoms with Gasteiger partial charge in [0.2, 0.25) is 5.91 Å². The molecule has 0 aliphatic heterocycles. The largest absolute Gasteiger partial charge is 0.334 e. The average Bonchev–Trinajstić information content (AvgIpc) is 2.57. The Hall–Kier alpha value is -2.38. The molecule has 0 atom stereocenters. The van der Waals surface area contributed by atoms with Crippen molar-refractivity contribution in [1.82, 2.24) is 9.47 Å². The van der Waals surface area contributed by atoms with Crippen molar-refractivity contribution in [2.75, 3.05) is 0 Å². The molecule has 1 aromatic heterocycles. The van der Waals surface area contributed by atoms with E-state index in [0.717, 1.165) is 28.5 Å². The molecule has 1 heterocycles. The number of halogens is 2. The summed E-state index contributed by atoms with van der Waals surface area (Å²) >= 11 is 11.9. The van der Waals surface area contributed by atoms with E-state index in [9.17, 15) is 19.7 Å². The van der Waals surface area contributed by atoms with Crippen LogP contribution in [0.3, 0.4) is 0 Å². The topological polar surface area (TPSA) is 85.4 Å². The summed E-state index contributed by atoms with van der Waals surface area (Å²) in [5.74, 6) is -0.339. The Kier molecular flexibility index (Phi) is 6.39. The minimum Gasteiger partial charge on any atom is -0.334 e. The van der Waals surface area contributed by atoms with Gasteiger partial charge in [-0.1, -0.05) is 29.3 Å². The van der Waals surface area contributed by atoms with Crippen LogP contribution in [0.15, 0.2) is 41.3 Å². The maximum Gasteiger partial charge on any atom is 0.285 e. The molecule has 0 unspecified atom stereocenters. The molecule has 9 heteroatoms. The van der Waals surface area contributed by atoms with Gasteiger partial charge in [-0.3, -0.25) is 24.3 Å². The smallest absolute Gasteiger partial charge is 0.285 e. The lowest BCUT2D eigenvalue weighted by molar-refractivity contribution is -0.385. The van der Waals surface area contributed by atoms with Gasteiger partial charge in [0, 0.05) is 24.7 Å². The number of hydrogen-bond acceptors (Lipinski definition) is 4. The molecule has 2 aromatic rings. The Labute approximate surface area is 159 Å². The molecule has 2 rings (SSSR count). The van der Waals surface area contributed by atoms with Gasteiger partial charge in [0.15, 0.2) is 0 Å². The van der Waals surface area contributed by atoms with Crippen LogP contribution in [0, 0.1) is 10.1 Å². The predicted octanol–water partition coefficient (Wildman–Crippen LogP) is 3.50. The van der Waals surface area contributed by atoms with Crippen molar-refractivity contribution in [3.8, 4) is 0 Å². The van der Waals surface area contributed by atoms with Crippen molar-refractivity contribution >= 4 is 34.8 Å². The Morgan fingerprint density at radius 1 is 1.23 bits per heavy atom. The first kappa shape index (κ1) is 19.9. The van der Waals surface area contributed by atoms with Crippen molar-refractivity contribution in [2.45, 2.75) is 33.0 Å². The number of aromatic nitrogens is 1. The lowest BCUT2D eigenvalue weighted by atomic mass is 10.2. The molecule has 0 radical (unpaired) electrons. The molecule has 0 saturated carbocycles. The van der Waals surface area contributed by atoms with Crippen LogP contribution in [0.25, 0.3) is 0 Å². The molecule has 7 nitrogen and oxygen atoms in total. The molecular formula is C17H17Cl2N3O4. The van der Waals surface area contributed by atoms with Gasteiger partial charge in [0.05, 0.1) is 21.2 Å². The highest BCUT2D eigenvalue weighted by atomic mass is 35.5. The zero-order valence-electron chi connectivity index (χ0n) is 14.2. The van der Waals surface area contributed by atoms with Crippen LogP contribution in [0.1, 0.15) is 19.4 Å². The lowest BCUT2D eigenvalue weighted by Crippen LogP contribution is -2.40. The zero-order chi connectivity index (χ0) is 19.4. The molecule has 0 spiro atoms. The summed E-state index contributed by atoms with van der Waals surface area (Å²) in [4.78, 5) is 36.4. The van der Waals surface area contributed by atoms with Gasteiger partial charge in [-0.2, -0.15) is 0 Å². The summed E-state index contributed by atoms with van der Waals surface area (Å²) in [6.45, 7) is 3.66. The summed E-state index contributed by atoms with van der Waals surface area (Å²) in [6.07, 6.45) is 1.07. The predicted molar refractivity (Wildman–Crippen MR) is 99.5 cm³/mol. The number of rotatable bonds is 6. The van der Waals surface area contributed by atoms with Crippen molar-refractivity contribution in [3.63, 3.8) is 0 Å². The van der Waals surface area contributed by atoms with Gasteiger partial charge in [-0.25, -0.2) is 0 Å². The SMILES string of the molecule is CC(C)N(Cc1ccc(Cl)c(Cl)c1)C(=O)Cn1cc([N+](=O)[O-])ccc1=O. The highest BCUT2D eigenvalue weighted by Crippen LogP contribution is 2.23. The van der Waals surface area contributed by atoms with Crippen LogP contribution >= 0.6 is 23.2 Å².